The molecule has 0 saturated carbocycles. The van der Waals surface area contributed by atoms with Crippen molar-refractivity contribution in [3.63, 3.8) is 0 Å². The number of aromatic nitrogens is 5. The van der Waals surface area contributed by atoms with Crippen LogP contribution in [0.2, 0.25) is 0 Å². The molecule has 0 aromatic carbocycles. The third-order valence-corrected chi connectivity index (χ3v) is 4.86. The molecule has 182 valence electrons. The van der Waals surface area contributed by atoms with E-state index in [1.807, 2.05) is 20.8 Å². The second kappa shape index (κ2) is 10.1. The fourth-order valence-electron chi connectivity index (χ4n) is 3.26. The van der Waals surface area contributed by atoms with Crippen molar-refractivity contribution in [2.24, 2.45) is 0 Å². The number of ether oxygens (including phenoxy) is 1. The van der Waals surface area contributed by atoms with Crippen LogP contribution in [0.3, 0.4) is 0 Å². The van der Waals surface area contributed by atoms with Crippen molar-refractivity contribution in [1.82, 2.24) is 29.9 Å². The second-order valence-electron chi connectivity index (χ2n) is 8.63. The Labute approximate surface area is 200 Å². The molecule has 4 aromatic rings. The maximum absolute atomic E-state index is 13.1. The van der Waals surface area contributed by atoms with E-state index in [0.29, 0.717) is 35.7 Å². The molecular weight excluding hydrogens is 456 g/mol. The minimum absolute atomic E-state index is 0.151. The summed E-state index contributed by atoms with van der Waals surface area (Å²) >= 11 is 0. The number of halogens is 2. The Morgan fingerprint density at radius 1 is 1.14 bits per heavy atom. The molecule has 0 aliphatic heterocycles. The van der Waals surface area contributed by atoms with E-state index < -0.39 is 6.43 Å². The van der Waals surface area contributed by atoms with E-state index in [2.05, 4.69) is 30.7 Å². The van der Waals surface area contributed by atoms with E-state index in [1.54, 1.807) is 41.2 Å². The van der Waals surface area contributed by atoms with Crippen LogP contribution in [0.15, 0.2) is 55.0 Å². The zero-order valence-corrected chi connectivity index (χ0v) is 19.5. The van der Waals surface area contributed by atoms with Crippen LogP contribution >= 0.6 is 0 Å². The average molecular weight is 482 g/mol. The van der Waals surface area contributed by atoms with E-state index in [9.17, 15) is 13.6 Å². The topological polar surface area (TPSA) is 106 Å². The van der Waals surface area contributed by atoms with Gasteiger partial charge in [-0.25, -0.2) is 23.3 Å². The van der Waals surface area contributed by atoms with Crippen LogP contribution in [0.25, 0.3) is 17.0 Å². The first-order valence-corrected chi connectivity index (χ1v) is 11.0. The Morgan fingerprint density at radius 3 is 2.74 bits per heavy atom. The van der Waals surface area contributed by atoms with Gasteiger partial charge in [0.2, 0.25) is 5.82 Å². The van der Waals surface area contributed by atoms with Crippen LogP contribution < -0.4 is 10.6 Å². The molecule has 35 heavy (non-hydrogen) atoms. The molecule has 0 saturated heterocycles. The quantitative estimate of drug-likeness (QED) is 0.359. The fraction of sp³-hybridized carbons (Fsp3) is 0.292. The highest BCUT2D eigenvalue weighted by Crippen LogP contribution is 2.26. The average Bonchev–Trinajstić information content (AvgIpc) is 3.31. The number of nitrogens with one attached hydrogen (secondary N) is 2. The molecule has 4 heterocycles. The first-order valence-electron chi connectivity index (χ1n) is 11.0. The number of hydrogen-bond donors (Lipinski definition) is 2. The summed E-state index contributed by atoms with van der Waals surface area (Å²) in [5.74, 6) is 0.198. The summed E-state index contributed by atoms with van der Waals surface area (Å²) in [5, 5.41) is 10.4. The lowest BCUT2D eigenvalue weighted by molar-refractivity contribution is -0.000653. The lowest BCUT2D eigenvalue weighted by Gasteiger charge is -2.19. The van der Waals surface area contributed by atoms with E-state index in [4.69, 9.17) is 4.74 Å². The van der Waals surface area contributed by atoms with Gasteiger partial charge in [-0.1, -0.05) is 6.07 Å². The molecule has 0 radical (unpaired) electrons. The molecule has 1 amide bonds. The normalized spacial score (nSPS) is 11.7. The molecule has 4 rings (SSSR count). The van der Waals surface area contributed by atoms with Gasteiger partial charge in [-0.05, 0) is 51.1 Å². The Hall–Kier alpha value is -3.99. The van der Waals surface area contributed by atoms with E-state index in [-0.39, 0.29) is 28.7 Å². The van der Waals surface area contributed by atoms with Gasteiger partial charge in [0.25, 0.3) is 12.3 Å². The SMILES string of the molecule is CC(C)(C)OCCNC(=O)c1cnccc1Nc1nc(-c2cccc(C(F)F)n2)nn2cccc12. The molecule has 2 N–H and O–H groups in total. The Morgan fingerprint density at radius 2 is 1.97 bits per heavy atom. The largest absolute Gasteiger partial charge is 0.374 e. The van der Waals surface area contributed by atoms with E-state index in [1.165, 1.54) is 18.3 Å². The summed E-state index contributed by atoms with van der Waals surface area (Å²) in [6.07, 6.45) is 1.99. The van der Waals surface area contributed by atoms with Crippen molar-refractivity contribution in [3.05, 3.63) is 66.2 Å². The molecule has 0 spiro atoms. The van der Waals surface area contributed by atoms with Crippen LogP contribution in [-0.4, -0.2) is 49.2 Å². The van der Waals surface area contributed by atoms with Gasteiger partial charge in [0.05, 0.1) is 23.5 Å². The maximum atomic E-state index is 13.1. The van der Waals surface area contributed by atoms with Crippen molar-refractivity contribution in [3.8, 4) is 11.5 Å². The van der Waals surface area contributed by atoms with Crippen molar-refractivity contribution >= 4 is 22.9 Å². The smallest absolute Gasteiger partial charge is 0.280 e. The van der Waals surface area contributed by atoms with Crippen LogP contribution in [-0.2, 0) is 4.74 Å². The van der Waals surface area contributed by atoms with Gasteiger partial charge in [0.15, 0.2) is 5.82 Å². The zero-order valence-electron chi connectivity index (χ0n) is 19.5. The molecule has 0 bridgehead atoms. The number of rotatable bonds is 8. The van der Waals surface area contributed by atoms with Crippen molar-refractivity contribution < 1.29 is 18.3 Å². The molecule has 9 nitrogen and oxygen atoms in total. The van der Waals surface area contributed by atoms with E-state index >= 15 is 0 Å². The highest BCUT2D eigenvalue weighted by Gasteiger charge is 2.17. The van der Waals surface area contributed by atoms with Gasteiger partial charge in [-0.2, -0.15) is 0 Å². The second-order valence-corrected chi connectivity index (χ2v) is 8.63. The summed E-state index contributed by atoms with van der Waals surface area (Å²) in [4.78, 5) is 25.4. The van der Waals surface area contributed by atoms with Gasteiger partial charge < -0.3 is 15.4 Å². The Bertz CT molecular complexity index is 1330. The minimum atomic E-state index is -2.71. The van der Waals surface area contributed by atoms with Crippen LogP contribution in [0.4, 0.5) is 20.3 Å². The lowest BCUT2D eigenvalue weighted by Crippen LogP contribution is -2.31. The van der Waals surface area contributed by atoms with Gasteiger partial charge >= 0.3 is 0 Å². The molecule has 0 aliphatic rings. The number of amides is 1. The summed E-state index contributed by atoms with van der Waals surface area (Å²) in [7, 11) is 0. The van der Waals surface area contributed by atoms with Gasteiger partial charge in [0.1, 0.15) is 16.9 Å². The third-order valence-electron chi connectivity index (χ3n) is 4.86. The predicted octanol–water partition coefficient (Wildman–Crippen LogP) is 4.41. The number of fused-ring (bicyclic) bond motifs is 1. The van der Waals surface area contributed by atoms with Gasteiger partial charge in [-0.15, -0.1) is 5.10 Å². The Balaban J connectivity index is 1.61. The zero-order chi connectivity index (χ0) is 25.0. The first-order chi connectivity index (χ1) is 16.7. The molecule has 11 heteroatoms. The maximum Gasteiger partial charge on any atom is 0.280 e. The molecule has 0 atom stereocenters. The van der Waals surface area contributed by atoms with Crippen molar-refractivity contribution in [1.29, 1.82) is 0 Å². The van der Waals surface area contributed by atoms with Crippen LogP contribution in [0, 0.1) is 0 Å². The molecular formula is C24H25F2N7O2. The number of hydrogen-bond acceptors (Lipinski definition) is 7. The van der Waals surface area contributed by atoms with Crippen molar-refractivity contribution in [2.75, 3.05) is 18.5 Å². The molecule has 0 fully saturated rings. The highest BCUT2D eigenvalue weighted by molar-refractivity contribution is 6.00. The molecule has 4 aromatic heterocycles. The fourth-order valence-corrected chi connectivity index (χ4v) is 3.26. The monoisotopic (exact) mass is 481 g/mol. The molecule has 0 aliphatic carbocycles. The highest BCUT2D eigenvalue weighted by atomic mass is 19.3. The Kier molecular flexibility index (Phi) is 6.97. The summed E-state index contributed by atoms with van der Waals surface area (Å²) in [6.45, 7) is 6.51. The number of anilines is 2. The summed E-state index contributed by atoms with van der Waals surface area (Å²) in [6, 6.07) is 9.50. The van der Waals surface area contributed by atoms with Gasteiger partial charge in [-0.3, -0.25) is 9.78 Å². The summed E-state index contributed by atoms with van der Waals surface area (Å²) < 4.78 is 33.5. The van der Waals surface area contributed by atoms with Crippen molar-refractivity contribution in [2.45, 2.75) is 32.8 Å². The number of carbonyl (C=O) groups excluding carboxylic acids is 1. The van der Waals surface area contributed by atoms with E-state index in [0.717, 1.165) is 0 Å². The summed E-state index contributed by atoms with van der Waals surface area (Å²) in [5.41, 5.74) is 0.940. The third kappa shape index (κ3) is 5.93. The number of carbonyl (C=O) groups is 1. The number of pyridine rings is 2. The first kappa shape index (κ1) is 24.1. The van der Waals surface area contributed by atoms with Gasteiger partial charge in [0, 0.05) is 25.1 Å². The minimum Gasteiger partial charge on any atom is -0.374 e. The number of alkyl halides is 2. The standard InChI is InChI=1S/C24H25F2N7O2/c1-24(2,3)35-13-11-28-23(34)15-14-27-10-9-16(15)30-22-19-8-5-12-33(19)32-21(31-22)18-7-4-6-17(29-18)20(25)26/h4-10,12,14,20H,11,13H2,1-3H3,(H,28,34)(H,27,30,31,32). The number of nitrogens with zero attached hydrogens (tertiary/aromatic N) is 5. The lowest BCUT2D eigenvalue weighted by atomic mass is 10.2. The van der Waals surface area contributed by atoms with Crippen LogP contribution in [0.1, 0.15) is 43.2 Å². The molecule has 0 unspecified atom stereocenters. The predicted molar refractivity (Wildman–Crippen MR) is 127 cm³/mol. The van der Waals surface area contributed by atoms with Crippen LogP contribution in [0.5, 0.6) is 0 Å².